The van der Waals surface area contributed by atoms with Gasteiger partial charge < -0.3 is 19.7 Å². The van der Waals surface area contributed by atoms with Crippen molar-refractivity contribution in [1.29, 1.82) is 0 Å². The van der Waals surface area contributed by atoms with Crippen molar-refractivity contribution in [2.45, 2.75) is 44.0 Å². The van der Waals surface area contributed by atoms with Crippen LogP contribution in [0.1, 0.15) is 18.7 Å². The van der Waals surface area contributed by atoms with Crippen LogP contribution in [0.5, 0.6) is 0 Å². The van der Waals surface area contributed by atoms with Crippen LogP contribution in [-0.4, -0.2) is 50.3 Å². The lowest BCUT2D eigenvalue weighted by atomic mass is 9.84. The zero-order valence-electron chi connectivity index (χ0n) is 11.1. The highest BCUT2D eigenvalue weighted by Crippen LogP contribution is 2.48. The van der Waals surface area contributed by atoms with Crippen LogP contribution < -0.4 is 11.2 Å². The van der Waals surface area contributed by atoms with Crippen molar-refractivity contribution in [1.82, 2.24) is 9.55 Å². The average molecular weight is 284 g/mol. The molecule has 1 aromatic heterocycles. The minimum Gasteiger partial charge on any atom is -0.393 e. The molecule has 2 aliphatic heterocycles. The summed E-state index contributed by atoms with van der Waals surface area (Å²) in [5.74, 6) is 0. The molecular formula is C12H16N2O6. The van der Waals surface area contributed by atoms with Crippen LogP contribution in [0, 0.1) is 6.92 Å². The Hall–Kier alpha value is -1.48. The van der Waals surface area contributed by atoms with E-state index in [9.17, 15) is 19.8 Å². The van der Waals surface area contributed by atoms with Crippen LogP contribution in [0.3, 0.4) is 0 Å². The Morgan fingerprint density at radius 2 is 2.20 bits per heavy atom. The number of aromatic nitrogens is 2. The van der Waals surface area contributed by atoms with E-state index >= 15 is 0 Å². The molecule has 2 saturated heterocycles. The number of aromatic amines is 1. The first-order valence-corrected chi connectivity index (χ1v) is 6.35. The van der Waals surface area contributed by atoms with E-state index in [1.54, 1.807) is 13.8 Å². The topological polar surface area (TPSA) is 114 Å². The highest BCUT2D eigenvalue weighted by atomic mass is 16.7. The lowest BCUT2D eigenvalue weighted by Crippen LogP contribution is -2.66. The van der Waals surface area contributed by atoms with E-state index in [2.05, 4.69) is 4.98 Å². The lowest BCUT2D eigenvalue weighted by Gasteiger charge is -2.48. The first kappa shape index (κ1) is 13.5. The molecule has 8 heteroatoms. The van der Waals surface area contributed by atoms with Crippen molar-refractivity contribution in [3.05, 3.63) is 32.6 Å². The Bertz CT molecular complexity index is 652. The maximum atomic E-state index is 11.8. The predicted molar refractivity (Wildman–Crippen MR) is 66.3 cm³/mol. The van der Waals surface area contributed by atoms with E-state index in [4.69, 9.17) is 9.47 Å². The van der Waals surface area contributed by atoms with Crippen molar-refractivity contribution in [3.63, 3.8) is 0 Å². The fourth-order valence-corrected chi connectivity index (χ4v) is 2.84. The Labute approximate surface area is 113 Å². The standard InChI is InChI=1S/C12H16N2O6/c1-5-3-14(11(18)13-9(5)17)10-7(16)8-12(4-15,20-10)6(2)19-8/h3,6-8,10,15-16H,4H2,1-2H3,(H,13,17,18)/t6-,7+,8?,10+,12-/m0/s1. The fourth-order valence-electron chi connectivity index (χ4n) is 2.84. The number of fused-ring (bicyclic) bond motifs is 1. The van der Waals surface area contributed by atoms with Gasteiger partial charge in [0.25, 0.3) is 5.56 Å². The molecule has 0 aliphatic carbocycles. The van der Waals surface area contributed by atoms with Gasteiger partial charge in [-0.1, -0.05) is 0 Å². The molecule has 0 spiro atoms. The van der Waals surface area contributed by atoms with Crippen molar-refractivity contribution < 1.29 is 19.7 Å². The van der Waals surface area contributed by atoms with Crippen molar-refractivity contribution in [2.24, 2.45) is 0 Å². The molecule has 110 valence electrons. The molecule has 2 aliphatic rings. The quantitative estimate of drug-likeness (QED) is 0.593. The second kappa shape index (κ2) is 4.26. The molecule has 0 bridgehead atoms. The van der Waals surface area contributed by atoms with Crippen LogP contribution in [0.25, 0.3) is 0 Å². The summed E-state index contributed by atoms with van der Waals surface area (Å²) in [5.41, 5.74) is -1.84. The van der Waals surface area contributed by atoms with Gasteiger partial charge in [-0.05, 0) is 13.8 Å². The van der Waals surface area contributed by atoms with Gasteiger partial charge in [-0.3, -0.25) is 14.3 Å². The summed E-state index contributed by atoms with van der Waals surface area (Å²) in [4.78, 5) is 25.4. The molecule has 8 nitrogen and oxygen atoms in total. The van der Waals surface area contributed by atoms with Crippen LogP contribution in [0.4, 0.5) is 0 Å². The molecule has 20 heavy (non-hydrogen) atoms. The van der Waals surface area contributed by atoms with E-state index in [0.717, 1.165) is 4.57 Å². The fraction of sp³-hybridized carbons (Fsp3) is 0.667. The van der Waals surface area contributed by atoms with E-state index in [1.165, 1.54) is 6.20 Å². The minimum absolute atomic E-state index is 0.316. The second-order valence-corrected chi connectivity index (χ2v) is 5.29. The molecule has 3 heterocycles. The number of aliphatic hydroxyl groups is 2. The molecule has 3 rings (SSSR count). The summed E-state index contributed by atoms with van der Waals surface area (Å²) >= 11 is 0. The molecule has 0 amide bonds. The van der Waals surface area contributed by atoms with Crippen molar-refractivity contribution in [2.75, 3.05) is 6.61 Å². The van der Waals surface area contributed by atoms with E-state index in [1.807, 2.05) is 0 Å². The third-order valence-corrected chi connectivity index (χ3v) is 4.13. The third-order valence-electron chi connectivity index (χ3n) is 4.13. The van der Waals surface area contributed by atoms with Gasteiger partial charge in [-0.2, -0.15) is 0 Å². The summed E-state index contributed by atoms with van der Waals surface area (Å²) in [7, 11) is 0. The predicted octanol–water partition coefficient (Wildman–Crippen LogP) is -1.75. The number of H-pyrrole nitrogens is 1. The SMILES string of the molecule is Cc1cn([C@@H]2O[C@]3(CO)C(O[C@H]3C)[C@H]2O)c(=O)[nH]c1=O. The molecule has 1 unspecified atom stereocenters. The van der Waals surface area contributed by atoms with Crippen LogP contribution in [0.15, 0.2) is 15.8 Å². The largest absolute Gasteiger partial charge is 0.393 e. The number of aliphatic hydroxyl groups excluding tert-OH is 2. The van der Waals surface area contributed by atoms with Gasteiger partial charge in [-0.25, -0.2) is 4.79 Å². The van der Waals surface area contributed by atoms with Gasteiger partial charge in [0.15, 0.2) is 6.23 Å². The van der Waals surface area contributed by atoms with Crippen LogP contribution >= 0.6 is 0 Å². The Morgan fingerprint density at radius 1 is 1.50 bits per heavy atom. The van der Waals surface area contributed by atoms with Gasteiger partial charge in [-0.15, -0.1) is 0 Å². The maximum absolute atomic E-state index is 11.8. The Balaban J connectivity index is 2.03. The lowest BCUT2D eigenvalue weighted by molar-refractivity contribution is -0.289. The monoisotopic (exact) mass is 284 g/mol. The summed E-state index contributed by atoms with van der Waals surface area (Å²) < 4.78 is 12.2. The summed E-state index contributed by atoms with van der Waals surface area (Å²) in [6.07, 6.45) is -1.83. The average Bonchev–Trinajstić information content (AvgIpc) is 2.63. The second-order valence-electron chi connectivity index (χ2n) is 5.29. The number of nitrogens with one attached hydrogen (secondary N) is 1. The first-order chi connectivity index (χ1) is 9.40. The van der Waals surface area contributed by atoms with Crippen molar-refractivity contribution >= 4 is 0 Å². The molecule has 0 radical (unpaired) electrons. The van der Waals surface area contributed by atoms with Gasteiger partial charge >= 0.3 is 5.69 Å². The number of hydrogen-bond acceptors (Lipinski definition) is 6. The summed E-state index contributed by atoms with van der Waals surface area (Å²) in [6.45, 7) is 2.96. The molecular weight excluding hydrogens is 268 g/mol. The number of rotatable bonds is 2. The van der Waals surface area contributed by atoms with Crippen molar-refractivity contribution in [3.8, 4) is 0 Å². The van der Waals surface area contributed by atoms with Gasteiger partial charge in [0, 0.05) is 11.8 Å². The zero-order valence-corrected chi connectivity index (χ0v) is 11.1. The number of aryl methyl sites for hydroxylation is 1. The van der Waals surface area contributed by atoms with E-state index < -0.39 is 35.3 Å². The van der Waals surface area contributed by atoms with Gasteiger partial charge in [0.1, 0.15) is 17.8 Å². The normalized spacial score (nSPS) is 39.4. The Kier molecular flexibility index (Phi) is 2.87. The Morgan fingerprint density at radius 3 is 2.75 bits per heavy atom. The molecule has 5 atom stereocenters. The number of nitrogens with zero attached hydrogens (tertiary/aromatic N) is 1. The zero-order chi connectivity index (χ0) is 14.7. The van der Waals surface area contributed by atoms with Crippen LogP contribution in [-0.2, 0) is 9.47 Å². The number of ether oxygens (including phenoxy) is 2. The maximum Gasteiger partial charge on any atom is 0.330 e. The third kappa shape index (κ3) is 1.56. The van der Waals surface area contributed by atoms with Crippen LogP contribution in [0.2, 0.25) is 0 Å². The van der Waals surface area contributed by atoms with Gasteiger partial charge in [0.2, 0.25) is 0 Å². The van der Waals surface area contributed by atoms with Gasteiger partial charge in [0.05, 0.1) is 12.7 Å². The first-order valence-electron chi connectivity index (χ1n) is 6.35. The molecule has 3 N–H and O–H groups in total. The summed E-state index contributed by atoms with van der Waals surface area (Å²) in [5, 5.41) is 19.7. The minimum atomic E-state index is -1.10. The number of hydrogen-bond donors (Lipinski definition) is 3. The smallest absolute Gasteiger partial charge is 0.330 e. The molecule has 2 fully saturated rings. The molecule has 0 aromatic carbocycles. The molecule has 1 aromatic rings. The highest BCUT2D eigenvalue weighted by molar-refractivity contribution is 5.13. The highest BCUT2D eigenvalue weighted by Gasteiger charge is 2.66. The van der Waals surface area contributed by atoms with E-state index in [0.29, 0.717) is 5.56 Å². The summed E-state index contributed by atoms with van der Waals surface area (Å²) in [6, 6.07) is 0. The molecule has 0 saturated carbocycles. The van der Waals surface area contributed by atoms with E-state index in [-0.39, 0.29) is 12.7 Å².